The van der Waals surface area contributed by atoms with Crippen LogP contribution in [0.3, 0.4) is 0 Å². The zero-order chi connectivity index (χ0) is 13.7. The molecule has 2 heteroatoms. The zero-order valence-electron chi connectivity index (χ0n) is 12.9. The van der Waals surface area contributed by atoms with Crippen LogP contribution in [0, 0.1) is 5.92 Å². The summed E-state index contributed by atoms with van der Waals surface area (Å²) in [6.07, 6.45) is 2.63. The van der Waals surface area contributed by atoms with Gasteiger partial charge < -0.3 is 9.64 Å². The molecule has 1 atom stereocenters. The average Bonchev–Trinajstić information content (AvgIpc) is 2.41. The van der Waals surface area contributed by atoms with Crippen LogP contribution in [0.5, 0.6) is 0 Å². The van der Waals surface area contributed by atoms with Gasteiger partial charge in [-0.05, 0) is 32.9 Å². The number of likely N-dealkylation sites (tertiary alicyclic amines) is 1. The highest BCUT2D eigenvalue weighted by molar-refractivity contribution is 4.77. The van der Waals surface area contributed by atoms with E-state index in [0.29, 0.717) is 5.92 Å². The minimum Gasteiger partial charge on any atom is -0.499 e. The molecular formula is C15H33NO. The van der Waals surface area contributed by atoms with Crippen LogP contribution >= 0.6 is 0 Å². The molecule has 0 saturated carbocycles. The van der Waals surface area contributed by atoms with Gasteiger partial charge in [-0.15, -0.1) is 0 Å². The molecular weight excluding hydrogens is 210 g/mol. The minimum absolute atomic E-state index is 0.713. The monoisotopic (exact) mass is 243 g/mol. The van der Waals surface area contributed by atoms with E-state index in [1.54, 1.807) is 0 Å². The van der Waals surface area contributed by atoms with Crippen LogP contribution in [0.15, 0.2) is 12.3 Å². The normalized spacial score (nSPS) is 19.3. The Morgan fingerprint density at radius 1 is 1.29 bits per heavy atom. The lowest BCUT2D eigenvalue weighted by atomic mass is 9.99. The highest BCUT2D eigenvalue weighted by atomic mass is 16.5. The van der Waals surface area contributed by atoms with Gasteiger partial charge in [-0.2, -0.15) is 0 Å². The van der Waals surface area contributed by atoms with Crippen LogP contribution in [0.2, 0.25) is 0 Å². The van der Waals surface area contributed by atoms with Gasteiger partial charge in [-0.3, -0.25) is 0 Å². The Balaban J connectivity index is 0. The molecule has 1 aliphatic heterocycles. The summed E-state index contributed by atoms with van der Waals surface area (Å²) in [5, 5.41) is 0. The largest absolute Gasteiger partial charge is 0.499 e. The first kappa shape index (κ1) is 18.9. The number of piperidine rings is 1. The number of hydrogen-bond donors (Lipinski definition) is 0. The van der Waals surface area contributed by atoms with Crippen LogP contribution in [0.25, 0.3) is 0 Å². The minimum atomic E-state index is 0.713. The van der Waals surface area contributed by atoms with Crippen molar-refractivity contribution in [3.63, 3.8) is 0 Å². The summed E-state index contributed by atoms with van der Waals surface area (Å²) in [7, 11) is 0. The third kappa shape index (κ3) is 10.4. The molecule has 1 unspecified atom stereocenters. The summed E-state index contributed by atoms with van der Waals surface area (Å²) in [5.74, 6) is 1.55. The molecule has 1 heterocycles. The molecule has 1 fully saturated rings. The summed E-state index contributed by atoms with van der Waals surface area (Å²) >= 11 is 0. The van der Waals surface area contributed by atoms with Crippen molar-refractivity contribution >= 4 is 0 Å². The Kier molecular flexibility index (Phi) is 15.0. The van der Waals surface area contributed by atoms with E-state index in [0.717, 1.165) is 12.4 Å². The van der Waals surface area contributed by atoms with Crippen molar-refractivity contribution < 1.29 is 4.74 Å². The van der Waals surface area contributed by atoms with Crippen molar-refractivity contribution in [3.05, 3.63) is 12.3 Å². The summed E-state index contributed by atoms with van der Waals surface area (Å²) in [6, 6.07) is 0. The lowest BCUT2D eigenvalue weighted by Gasteiger charge is -2.31. The SMILES string of the molecule is C=C(C)OCC1CCCN(CC)C1.CC.CC. The van der Waals surface area contributed by atoms with E-state index in [-0.39, 0.29) is 0 Å². The summed E-state index contributed by atoms with van der Waals surface area (Å²) < 4.78 is 5.45. The second-order valence-corrected chi connectivity index (χ2v) is 3.91. The van der Waals surface area contributed by atoms with Gasteiger partial charge >= 0.3 is 0 Å². The molecule has 0 aliphatic carbocycles. The lowest BCUT2D eigenvalue weighted by Crippen LogP contribution is -2.36. The third-order valence-electron chi connectivity index (χ3n) is 2.62. The standard InChI is InChI=1S/C11H21NO.2C2H6/c1-4-12-7-5-6-11(8-12)9-13-10(2)3;2*1-2/h11H,2,4-9H2,1,3H3;2*1-2H3. The van der Waals surface area contributed by atoms with Crippen molar-refractivity contribution in [1.29, 1.82) is 0 Å². The number of nitrogens with zero attached hydrogens (tertiary/aromatic N) is 1. The van der Waals surface area contributed by atoms with Gasteiger partial charge in [0.25, 0.3) is 0 Å². The molecule has 1 aliphatic rings. The van der Waals surface area contributed by atoms with Crippen LogP contribution < -0.4 is 0 Å². The van der Waals surface area contributed by atoms with Crippen LogP contribution in [0.1, 0.15) is 54.4 Å². The van der Waals surface area contributed by atoms with Gasteiger partial charge in [0.05, 0.1) is 12.4 Å². The van der Waals surface area contributed by atoms with Crippen LogP contribution in [-0.4, -0.2) is 31.1 Å². The smallest absolute Gasteiger partial charge is 0.0917 e. The maximum atomic E-state index is 5.45. The van der Waals surface area contributed by atoms with Crippen LogP contribution in [-0.2, 0) is 4.74 Å². The quantitative estimate of drug-likeness (QED) is 0.682. The number of hydrogen-bond acceptors (Lipinski definition) is 2. The number of rotatable bonds is 4. The van der Waals surface area contributed by atoms with Gasteiger partial charge in [-0.25, -0.2) is 0 Å². The first-order chi connectivity index (χ1) is 8.22. The van der Waals surface area contributed by atoms with Crippen molar-refractivity contribution in [2.45, 2.75) is 54.4 Å². The highest BCUT2D eigenvalue weighted by Crippen LogP contribution is 2.16. The molecule has 0 aromatic rings. The van der Waals surface area contributed by atoms with Gasteiger partial charge in [0.1, 0.15) is 0 Å². The molecule has 1 rings (SSSR count). The van der Waals surface area contributed by atoms with Crippen molar-refractivity contribution in [2.75, 3.05) is 26.2 Å². The highest BCUT2D eigenvalue weighted by Gasteiger charge is 2.18. The second-order valence-electron chi connectivity index (χ2n) is 3.91. The van der Waals surface area contributed by atoms with Gasteiger partial charge in [0, 0.05) is 12.5 Å². The average molecular weight is 243 g/mol. The van der Waals surface area contributed by atoms with E-state index < -0.39 is 0 Å². The molecule has 0 aromatic carbocycles. The fourth-order valence-electron chi connectivity index (χ4n) is 1.83. The number of allylic oxidation sites excluding steroid dienone is 1. The molecule has 17 heavy (non-hydrogen) atoms. The first-order valence-corrected chi connectivity index (χ1v) is 7.23. The van der Waals surface area contributed by atoms with Crippen LogP contribution in [0.4, 0.5) is 0 Å². The zero-order valence-corrected chi connectivity index (χ0v) is 12.9. The third-order valence-corrected chi connectivity index (χ3v) is 2.62. The Bertz CT molecular complexity index is 168. The predicted molar refractivity (Wildman–Crippen MR) is 78.3 cm³/mol. The molecule has 0 spiro atoms. The maximum absolute atomic E-state index is 5.45. The van der Waals surface area contributed by atoms with Gasteiger partial charge in [0.15, 0.2) is 0 Å². The Hall–Kier alpha value is -0.500. The van der Waals surface area contributed by atoms with E-state index in [9.17, 15) is 0 Å². The van der Waals surface area contributed by atoms with E-state index in [2.05, 4.69) is 18.4 Å². The maximum Gasteiger partial charge on any atom is 0.0917 e. The summed E-state index contributed by atoms with van der Waals surface area (Å²) in [6.45, 7) is 20.4. The number of ether oxygens (including phenoxy) is 1. The van der Waals surface area contributed by atoms with E-state index >= 15 is 0 Å². The van der Waals surface area contributed by atoms with Gasteiger partial charge in [-0.1, -0.05) is 41.2 Å². The van der Waals surface area contributed by atoms with E-state index in [4.69, 9.17) is 4.74 Å². The molecule has 104 valence electrons. The Morgan fingerprint density at radius 3 is 2.35 bits per heavy atom. The summed E-state index contributed by atoms with van der Waals surface area (Å²) in [4.78, 5) is 2.50. The van der Waals surface area contributed by atoms with Crippen molar-refractivity contribution in [1.82, 2.24) is 4.90 Å². The van der Waals surface area contributed by atoms with Crippen molar-refractivity contribution in [2.24, 2.45) is 5.92 Å². The molecule has 0 bridgehead atoms. The lowest BCUT2D eigenvalue weighted by molar-refractivity contribution is 0.101. The Morgan fingerprint density at radius 2 is 1.88 bits per heavy atom. The van der Waals surface area contributed by atoms with E-state index in [1.165, 1.54) is 32.5 Å². The second kappa shape index (κ2) is 13.6. The molecule has 0 N–H and O–H groups in total. The Labute approximate surface area is 109 Å². The molecule has 0 radical (unpaired) electrons. The van der Waals surface area contributed by atoms with E-state index in [1.807, 2.05) is 34.6 Å². The molecule has 0 amide bonds. The fourth-order valence-corrected chi connectivity index (χ4v) is 1.83. The molecule has 2 nitrogen and oxygen atoms in total. The van der Waals surface area contributed by atoms with Gasteiger partial charge in [0.2, 0.25) is 0 Å². The summed E-state index contributed by atoms with van der Waals surface area (Å²) in [5.41, 5.74) is 0. The fraction of sp³-hybridized carbons (Fsp3) is 0.867. The molecule has 0 aromatic heterocycles. The predicted octanol–water partition coefficient (Wildman–Crippen LogP) is 4.32. The first-order valence-electron chi connectivity index (χ1n) is 7.23. The topological polar surface area (TPSA) is 12.5 Å². The van der Waals surface area contributed by atoms with Crippen molar-refractivity contribution in [3.8, 4) is 0 Å². The molecule has 1 saturated heterocycles.